The van der Waals surface area contributed by atoms with Crippen LogP contribution in [0.15, 0.2) is 41.3 Å². The Morgan fingerprint density at radius 2 is 1.70 bits per heavy atom. The van der Waals surface area contributed by atoms with Gasteiger partial charge in [-0.1, -0.05) is 36.8 Å². The van der Waals surface area contributed by atoms with Crippen molar-refractivity contribution in [3.63, 3.8) is 0 Å². The molecule has 10 heteroatoms. The molecule has 33 heavy (non-hydrogen) atoms. The molecule has 0 aliphatic heterocycles. The smallest absolute Gasteiger partial charge is 0.260 e. The first-order chi connectivity index (χ1) is 15.6. The number of carbonyl (C=O) groups excluding carboxylic acids is 1. The van der Waals surface area contributed by atoms with Gasteiger partial charge in [0.1, 0.15) is 0 Å². The quantitative estimate of drug-likeness (QED) is 0.425. The number of likely N-dealkylation sites (N-methyl/N-ethyl adjacent to an activating group) is 1. The van der Waals surface area contributed by atoms with Gasteiger partial charge in [-0.2, -0.15) is 0 Å². The van der Waals surface area contributed by atoms with E-state index >= 15 is 0 Å². The highest BCUT2D eigenvalue weighted by molar-refractivity contribution is 7.89. The van der Waals surface area contributed by atoms with Gasteiger partial charge in [0.2, 0.25) is 10.0 Å². The maximum atomic E-state index is 13.5. The first-order valence-corrected chi connectivity index (χ1v) is 13.3. The number of fused-ring (bicyclic) bond motifs is 1. The maximum Gasteiger partial charge on any atom is 0.260 e. The van der Waals surface area contributed by atoms with Crippen LogP contribution >= 0.6 is 22.9 Å². The van der Waals surface area contributed by atoms with Gasteiger partial charge in [0.15, 0.2) is 5.13 Å². The molecule has 1 amide bonds. The largest absolute Gasteiger partial charge is 0.302 e. The number of carbonyl (C=O) groups is 1. The van der Waals surface area contributed by atoms with Crippen LogP contribution in [0.25, 0.3) is 10.2 Å². The molecule has 3 rings (SSSR count). The van der Waals surface area contributed by atoms with Crippen molar-refractivity contribution in [1.82, 2.24) is 14.2 Å². The summed E-state index contributed by atoms with van der Waals surface area (Å²) in [5.41, 5.74) is 2.18. The van der Waals surface area contributed by atoms with Crippen molar-refractivity contribution in [2.45, 2.75) is 25.7 Å². The Morgan fingerprint density at radius 3 is 2.27 bits per heavy atom. The van der Waals surface area contributed by atoms with E-state index in [4.69, 9.17) is 16.6 Å². The topological polar surface area (TPSA) is 73.8 Å². The second-order valence-corrected chi connectivity index (χ2v) is 11.5. The molecular formula is C23H29ClN4O3S2. The van der Waals surface area contributed by atoms with E-state index in [1.807, 2.05) is 19.1 Å². The summed E-state index contributed by atoms with van der Waals surface area (Å²) in [6.45, 7) is 9.04. The van der Waals surface area contributed by atoms with Gasteiger partial charge >= 0.3 is 0 Å². The molecule has 0 spiro atoms. The van der Waals surface area contributed by atoms with Gasteiger partial charge in [0.25, 0.3) is 5.91 Å². The van der Waals surface area contributed by atoms with Crippen LogP contribution in [0.5, 0.6) is 0 Å². The molecule has 178 valence electrons. The molecule has 0 N–H and O–H groups in total. The number of rotatable bonds is 9. The lowest BCUT2D eigenvalue weighted by molar-refractivity contribution is 0.0983. The van der Waals surface area contributed by atoms with Crippen LogP contribution in [0.4, 0.5) is 5.13 Å². The average molecular weight is 509 g/mol. The Morgan fingerprint density at radius 1 is 1.06 bits per heavy atom. The van der Waals surface area contributed by atoms with Gasteiger partial charge in [-0.05, 0) is 62.0 Å². The predicted octanol–water partition coefficient (Wildman–Crippen LogP) is 4.50. The number of aryl methyl sites for hydroxylation is 1. The first kappa shape index (κ1) is 25.6. The average Bonchev–Trinajstić information content (AvgIpc) is 3.20. The molecule has 0 fully saturated rings. The van der Waals surface area contributed by atoms with E-state index in [1.165, 1.54) is 37.6 Å². The zero-order valence-electron chi connectivity index (χ0n) is 19.5. The third-order valence-electron chi connectivity index (χ3n) is 5.53. The van der Waals surface area contributed by atoms with Gasteiger partial charge in [0, 0.05) is 37.8 Å². The molecule has 0 aliphatic rings. The van der Waals surface area contributed by atoms with Crippen LogP contribution in [0.2, 0.25) is 5.02 Å². The predicted molar refractivity (Wildman–Crippen MR) is 136 cm³/mol. The summed E-state index contributed by atoms with van der Waals surface area (Å²) in [7, 11) is -0.613. The van der Waals surface area contributed by atoms with Crippen LogP contribution < -0.4 is 4.90 Å². The molecule has 0 aliphatic carbocycles. The number of anilines is 1. The maximum absolute atomic E-state index is 13.5. The number of nitrogens with zero attached hydrogens (tertiary/aromatic N) is 4. The summed E-state index contributed by atoms with van der Waals surface area (Å²) in [5.74, 6) is -0.223. The lowest BCUT2D eigenvalue weighted by Gasteiger charge is -2.25. The highest BCUT2D eigenvalue weighted by atomic mass is 35.5. The van der Waals surface area contributed by atoms with Crippen molar-refractivity contribution in [3.05, 3.63) is 52.5 Å². The minimum Gasteiger partial charge on any atom is -0.302 e. The normalized spacial score (nSPS) is 12.1. The molecule has 0 bridgehead atoms. The number of sulfonamides is 1. The van der Waals surface area contributed by atoms with Crippen LogP contribution in [0.3, 0.4) is 0 Å². The molecule has 3 aromatic rings. The molecule has 0 atom stereocenters. The Balaban J connectivity index is 1.99. The lowest BCUT2D eigenvalue weighted by atomic mass is 10.2. The van der Waals surface area contributed by atoms with E-state index < -0.39 is 10.0 Å². The third kappa shape index (κ3) is 5.55. The van der Waals surface area contributed by atoms with E-state index in [1.54, 1.807) is 17.0 Å². The zero-order valence-corrected chi connectivity index (χ0v) is 21.9. The first-order valence-electron chi connectivity index (χ1n) is 10.7. The van der Waals surface area contributed by atoms with Crippen molar-refractivity contribution >= 4 is 54.2 Å². The summed E-state index contributed by atoms with van der Waals surface area (Å²) >= 11 is 7.65. The van der Waals surface area contributed by atoms with Gasteiger partial charge in [-0.25, -0.2) is 17.7 Å². The molecular weight excluding hydrogens is 480 g/mol. The van der Waals surface area contributed by atoms with Gasteiger partial charge in [-0.3, -0.25) is 9.69 Å². The Kier molecular flexibility index (Phi) is 8.13. The summed E-state index contributed by atoms with van der Waals surface area (Å²) in [6.07, 6.45) is 0. The number of thiazole rings is 1. The van der Waals surface area contributed by atoms with Crippen LogP contribution in [-0.2, 0) is 10.0 Å². The van der Waals surface area contributed by atoms with E-state index in [9.17, 15) is 13.2 Å². The second-order valence-electron chi connectivity index (χ2n) is 7.86. The highest BCUT2D eigenvalue weighted by Gasteiger charge is 2.24. The zero-order chi connectivity index (χ0) is 24.3. The summed E-state index contributed by atoms with van der Waals surface area (Å²) in [4.78, 5) is 22.4. The van der Waals surface area contributed by atoms with E-state index in [0.29, 0.717) is 28.8 Å². The van der Waals surface area contributed by atoms with Crippen molar-refractivity contribution in [2.75, 3.05) is 45.2 Å². The molecule has 7 nitrogen and oxygen atoms in total. The third-order valence-corrected chi connectivity index (χ3v) is 8.60. The fraction of sp³-hybridized carbons (Fsp3) is 0.391. The molecule has 0 radical (unpaired) electrons. The van der Waals surface area contributed by atoms with Crippen molar-refractivity contribution < 1.29 is 13.2 Å². The number of hydrogen-bond donors (Lipinski definition) is 0. The Hall–Kier alpha value is -2.04. The number of aromatic nitrogens is 1. The fourth-order valence-electron chi connectivity index (χ4n) is 3.46. The van der Waals surface area contributed by atoms with Crippen molar-refractivity contribution in [2.24, 2.45) is 0 Å². The lowest BCUT2D eigenvalue weighted by Crippen LogP contribution is -2.38. The summed E-state index contributed by atoms with van der Waals surface area (Å²) < 4.78 is 26.8. The van der Waals surface area contributed by atoms with Crippen LogP contribution in [0.1, 0.15) is 29.8 Å². The Labute approximate surface area is 204 Å². The Bertz CT molecular complexity index is 1240. The second kappa shape index (κ2) is 10.5. The number of benzene rings is 2. The number of hydrogen-bond acceptors (Lipinski definition) is 6. The number of amides is 1. The number of halogens is 1. The van der Waals surface area contributed by atoms with Gasteiger partial charge in [-0.15, -0.1) is 0 Å². The van der Waals surface area contributed by atoms with Crippen molar-refractivity contribution in [1.29, 1.82) is 0 Å². The molecule has 1 aromatic heterocycles. The SMILES string of the molecule is CCN(CC)CCN(C(=O)c1ccc(S(=O)(=O)N(C)C)cc1)c1nc2c(C)cc(Cl)cc2s1. The standard InChI is InChI=1S/C23H29ClN4O3S2/c1-6-27(7-2)12-13-28(23-25-21-16(3)14-18(24)15-20(21)32-23)22(29)17-8-10-19(11-9-17)33(30,31)26(4)5/h8-11,14-15H,6-7,12-13H2,1-5H3. The highest BCUT2D eigenvalue weighted by Crippen LogP contribution is 2.33. The van der Waals surface area contributed by atoms with E-state index in [2.05, 4.69) is 18.7 Å². The summed E-state index contributed by atoms with van der Waals surface area (Å²) in [5, 5.41) is 1.23. The van der Waals surface area contributed by atoms with Gasteiger partial charge < -0.3 is 4.90 Å². The fourth-order valence-corrected chi connectivity index (χ4v) is 5.81. The minimum absolute atomic E-state index is 0.143. The molecule has 0 saturated carbocycles. The monoisotopic (exact) mass is 508 g/mol. The minimum atomic E-state index is -3.57. The molecule has 0 unspecified atom stereocenters. The van der Waals surface area contributed by atoms with Gasteiger partial charge in [0.05, 0.1) is 15.1 Å². The van der Waals surface area contributed by atoms with Crippen molar-refractivity contribution in [3.8, 4) is 0 Å². The van der Waals surface area contributed by atoms with E-state index in [0.717, 1.165) is 33.2 Å². The molecule has 2 aromatic carbocycles. The van der Waals surface area contributed by atoms with Crippen LogP contribution in [-0.4, -0.2) is 68.8 Å². The van der Waals surface area contributed by atoms with Crippen LogP contribution in [0, 0.1) is 6.92 Å². The molecule has 1 heterocycles. The molecule has 0 saturated heterocycles. The summed E-state index contributed by atoms with van der Waals surface area (Å²) in [6, 6.07) is 9.76. The van der Waals surface area contributed by atoms with E-state index in [-0.39, 0.29) is 10.8 Å².